The first-order chi connectivity index (χ1) is 7.40. The third kappa shape index (κ3) is 1.94. The molecule has 88 valence electrons. The summed E-state index contributed by atoms with van der Waals surface area (Å²) in [7, 11) is 0.927. The van der Waals surface area contributed by atoms with Crippen LogP contribution in [-0.2, 0) is 4.79 Å². The number of carboxylic acids is 1. The maximum absolute atomic E-state index is 13.4. The van der Waals surface area contributed by atoms with E-state index < -0.39 is 40.8 Å². The first-order valence-electron chi connectivity index (χ1n) is 4.02. The lowest BCUT2D eigenvalue weighted by Crippen LogP contribution is -2.15. The van der Waals surface area contributed by atoms with E-state index in [1.165, 1.54) is 0 Å². The number of ether oxygens (including phenoxy) is 1. The Morgan fingerprint density at radius 3 is 2.38 bits per heavy atom. The molecule has 4 nitrogen and oxygen atoms in total. The van der Waals surface area contributed by atoms with Gasteiger partial charge in [-0.25, -0.2) is 18.0 Å². The van der Waals surface area contributed by atoms with Gasteiger partial charge in [-0.15, -0.1) is 0 Å². The first-order valence-corrected chi connectivity index (χ1v) is 4.02. The zero-order valence-corrected chi connectivity index (χ0v) is 8.00. The van der Waals surface area contributed by atoms with E-state index in [0.717, 1.165) is 7.11 Å². The van der Waals surface area contributed by atoms with Gasteiger partial charge in [-0.3, -0.25) is 0 Å². The average molecular weight is 236 g/mol. The fraction of sp³-hybridized carbons (Fsp3) is 0.222. The van der Waals surface area contributed by atoms with E-state index >= 15 is 0 Å². The Hall–Kier alpha value is -1.76. The summed E-state index contributed by atoms with van der Waals surface area (Å²) in [4.78, 5) is 10.4. The number of carbonyl (C=O) groups is 1. The standard InChI is InChI=1S/C9H7F3O4/c1-16-8-4(11)2-3(10)5(6(8)12)7(13)9(14)15/h2,7,13H,1H3,(H,14,15). The van der Waals surface area contributed by atoms with Crippen molar-refractivity contribution in [2.24, 2.45) is 0 Å². The number of rotatable bonds is 3. The number of aliphatic carboxylic acids is 1. The molecule has 1 rings (SSSR count). The lowest BCUT2D eigenvalue weighted by Gasteiger charge is -2.11. The van der Waals surface area contributed by atoms with Gasteiger partial charge in [0, 0.05) is 6.07 Å². The Labute approximate surface area is 87.9 Å². The van der Waals surface area contributed by atoms with Crippen molar-refractivity contribution in [3.63, 3.8) is 0 Å². The van der Waals surface area contributed by atoms with Crippen molar-refractivity contribution in [3.05, 3.63) is 29.1 Å². The largest absolute Gasteiger partial charge is 0.491 e. The minimum atomic E-state index is -2.42. The van der Waals surface area contributed by atoms with E-state index in [4.69, 9.17) is 10.2 Å². The number of hydrogen-bond acceptors (Lipinski definition) is 3. The molecule has 0 amide bonds. The Morgan fingerprint density at radius 2 is 1.94 bits per heavy atom. The highest BCUT2D eigenvalue weighted by Crippen LogP contribution is 2.30. The van der Waals surface area contributed by atoms with Gasteiger partial charge in [0.1, 0.15) is 5.82 Å². The molecule has 2 N–H and O–H groups in total. The van der Waals surface area contributed by atoms with Crippen molar-refractivity contribution in [2.45, 2.75) is 6.10 Å². The Balaban J connectivity index is 3.45. The van der Waals surface area contributed by atoms with Crippen LogP contribution in [0.25, 0.3) is 0 Å². The third-order valence-corrected chi connectivity index (χ3v) is 1.87. The van der Waals surface area contributed by atoms with Crippen molar-refractivity contribution < 1.29 is 32.9 Å². The van der Waals surface area contributed by atoms with E-state index in [0.29, 0.717) is 0 Å². The summed E-state index contributed by atoms with van der Waals surface area (Å²) >= 11 is 0. The lowest BCUT2D eigenvalue weighted by atomic mass is 10.1. The highest BCUT2D eigenvalue weighted by molar-refractivity contribution is 5.74. The van der Waals surface area contributed by atoms with E-state index in [1.54, 1.807) is 0 Å². The maximum Gasteiger partial charge on any atom is 0.337 e. The second-order valence-electron chi connectivity index (χ2n) is 2.84. The van der Waals surface area contributed by atoms with Gasteiger partial charge in [-0.1, -0.05) is 0 Å². The van der Waals surface area contributed by atoms with E-state index in [9.17, 15) is 18.0 Å². The molecule has 0 saturated heterocycles. The summed E-state index contributed by atoms with van der Waals surface area (Å²) in [6.45, 7) is 0. The molecular formula is C9H7F3O4. The van der Waals surface area contributed by atoms with Crippen molar-refractivity contribution in [2.75, 3.05) is 7.11 Å². The number of aliphatic hydroxyl groups excluding tert-OH is 1. The molecule has 0 fully saturated rings. The molecule has 0 bridgehead atoms. The smallest absolute Gasteiger partial charge is 0.337 e. The molecule has 0 heterocycles. The SMILES string of the molecule is COc1c(F)cc(F)c(C(O)C(=O)O)c1F. The minimum absolute atomic E-state index is 0.239. The van der Waals surface area contributed by atoms with E-state index in [2.05, 4.69) is 4.74 Å². The molecule has 1 aromatic rings. The van der Waals surface area contributed by atoms with Crippen LogP contribution in [-0.4, -0.2) is 23.3 Å². The highest BCUT2D eigenvalue weighted by Gasteiger charge is 2.28. The Bertz CT molecular complexity index is 433. The monoisotopic (exact) mass is 236 g/mol. The van der Waals surface area contributed by atoms with Crippen LogP contribution >= 0.6 is 0 Å². The van der Waals surface area contributed by atoms with Crippen molar-refractivity contribution in [3.8, 4) is 5.75 Å². The zero-order valence-electron chi connectivity index (χ0n) is 8.00. The summed E-state index contributed by atoms with van der Waals surface area (Å²) in [6, 6.07) is 0.239. The van der Waals surface area contributed by atoms with Crippen LogP contribution in [0.15, 0.2) is 6.07 Å². The van der Waals surface area contributed by atoms with Crippen molar-refractivity contribution in [1.82, 2.24) is 0 Å². The Kier molecular flexibility index (Phi) is 3.38. The molecule has 0 aliphatic heterocycles. The molecule has 0 spiro atoms. The van der Waals surface area contributed by atoms with Crippen LogP contribution in [0.2, 0.25) is 0 Å². The fourth-order valence-corrected chi connectivity index (χ4v) is 1.15. The van der Waals surface area contributed by atoms with Crippen LogP contribution in [0, 0.1) is 17.5 Å². The van der Waals surface area contributed by atoms with Crippen molar-refractivity contribution >= 4 is 5.97 Å². The predicted molar refractivity (Wildman–Crippen MR) is 45.5 cm³/mol. The van der Waals surface area contributed by atoms with Crippen molar-refractivity contribution in [1.29, 1.82) is 0 Å². The van der Waals surface area contributed by atoms with Crippen LogP contribution in [0.1, 0.15) is 11.7 Å². The topological polar surface area (TPSA) is 66.8 Å². The van der Waals surface area contributed by atoms with Gasteiger partial charge in [-0.05, 0) is 0 Å². The number of aliphatic hydroxyl groups is 1. The molecule has 0 aliphatic rings. The predicted octanol–water partition coefficient (Wildman–Crippen LogP) is 1.23. The van der Waals surface area contributed by atoms with Crippen LogP contribution in [0.4, 0.5) is 13.2 Å². The summed E-state index contributed by atoms with van der Waals surface area (Å²) in [6.07, 6.45) is -2.42. The van der Waals surface area contributed by atoms with Crippen LogP contribution in [0.3, 0.4) is 0 Å². The van der Waals surface area contributed by atoms with E-state index in [-0.39, 0.29) is 6.07 Å². The van der Waals surface area contributed by atoms with Gasteiger partial charge < -0.3 is 14.9 Å². The van der Waals surface area contributed by atoms with Gasteiger partial charge in [0.2, 0.25) is 0 Å². The average Bonchev–Trinajstić information content (AvgIpc) is 2.17. The van der Waals surface area contributed by atoms with E-state index in [1.807, 2.05) is 0 Å². The van der Waals surface area contributed by atoms with Gasteiger partial charge in [0.25, 0.3) is 0 Å². The number of hydrogen-bond donors (Lipinski definition) is 2. The summed E-state index contributed by atoms with van der Waals surface area (Å²) < 4.78 is 43.7. The zero-order chi connectivity index (χ0) is 12.5. The highest BCUT2D eigenvalue weighted by atomic mass is 19.1. The molecule has 16 heavy (non-hydrogen) atoms. The molecule has 0 aromatic heterocycles. The molecule has 1 aromatic carbocycles. The lowest BCUT2D eigenvalue weighted by molar-refractivity contribution is -0.147. The summed E-state index contributed by atoms with van der Waals surface area (Å²) in [5, 5.41) is 17.4. The first kappa shape index (κ1) is 12.3. The fourth-order valence-electron chi connectivity index (χ4n) is 1.15. The second kappa shape index (κ2) is 4.40. The molecule has 0 radical (unpaired) electrons. The Morgan fingerprint density at radius 1 is 1.38 bits per heavy atom. The molecular weight excluding hydrogens is 229 g/mol. The van der Waals surface area contributed by atoms with Gasteiger partial charge in [0.05, 0.1) is 12.7 Å². The normalized spacial score (nSPS) is 12.3. The number of carboxylic acid groups (broad SMARTS) is 1. The molecule has 7 heteroatoms. The molecule has 1 atom stereocenters. The number of halogens is 3. The third-order valence-electron chi connectivity index (χ3n) is 1.87. The quantitative estimate of drug-likeness (QED) is 0.828. The van der Waals surface area contributed by atoms with Gasteiger partial charge in [-0.2, -0.15) is 0 Å². The van der Waals surface area contributed by atoms with Gasteiger partial charge >= 0.3 is 5.97 Å². The minimum Gasteiger partial charge on any atom is -0.491 e. The number of methoxy groups -OCH3 is 1. The maximum atomic E-state index is 13.4. The summed E-state index contributed by atoms with van der Waals surface area (Å²) in [5.74, 6) is -7.19. The van der Waals surface area contributed by atoms with Crippen LogP contribution < -0.4 is 4.74 Å². The number of benzene rings is 1. The van der Waals surface area contributed by atoms with Crippen LogP contribution in [0.5, 0.6) is 5.75 Å². The second-order valence-corrected chi connectivity index (χ2v) is 2.84. The summed E-state index contributed by atoms with van der Waals surface area (Å²) in [5.41, 5.74) is -1.16. The molecule has 1 unspecified atom stereocenters. The van der Waals surface area contributed by atoms with Gasteiger partial charge in [0.15, 0.2) is 23.5 Å². The molecule has 0 saturated carbocycles. The molecule has 0 aliphatic carbocycles.